The molecule has 1 nitrogen and oxygen atoms in total. The summed E-state index contributed by atoms with van der Waals surface area (Å²) in [6.45, 7) is 2.94. The summed E-state index contributed by atoms with van der Waals surface area (Å²) in [6.07, 6.45) is 0. The molecule has 2 rings (SSSR count). The molecule has 0 aliphatic heterocycles. The molecule has 3 heteroatoms. The van der Waals surface area contributed by atoms with Crippen LogP contribution in [0.5, 0.6) is 0 Å². The lowest BCUT2D eigenvalue weighted by atomic mass is 10.1. The predicted molar refractivity (Wildman–Crippen MR) is 72.3 cm³/mol. The standard InChI is InChI=1S/C13H14ClNS/c1-9-3-4-10(7-12(9)14)13-6-5-11(16-13)8-15-2/h3-7,15H,8H2,1-2H3. The van der Waals surface area contributed by atoms with E-state index in [0.717, 1.165) is 17.1 Å². The molecule has 0 unspecified atom stereocenters. The molecule has 84 valence electrons. The maximum atomic E-state index is 6.12. The van der Waals surface area contributed by atoms with Crippen molar-refractivity contribution in [1.29, 1.82) is 0 Å². The lowest BCUT2D eigenvalue weighted by molar-refractivity contribution is 0.831. The smallest absolute Gasteiger partial charge is 0.0441 e. The summed E-state index contributed by atoms with van der Waals surface area (Å²) < 4.78 is 0. The third-order valence-corrected chi connectivity index (χ3v) is 4.01. The van der Waals surface area contributed by atoms with E-state index in [-0.39, 0.29) is 0 Å². The summed E-state index contributed by atoms with van der Waals surface area (Å²) >= 11 is 7.93. The minimum Gasteiger partial charge on any atom is -0.315 e. The summed E-state index contributed by atoms with van der Waals surface area (Å²) in [7, 11) is 1.96. The first-order valence-electron chi connectivity index (χ1n) is 5.20. The molecule has 0 fully saturated rings. The number of aryl methyl sites for hydroxylation is 1. The van der Waals surface area contributed by atoms with Crippen molar-refractivity contribution in [3.63, 3.8) is 0 Å². The molecule has 1 heterocycles. The van der Waals surface area contributed by atoms with Gasteiger partial charge >= 0.3 is 0 Å². The normalized spacial score (nSPS) is 10.7. The lowest BCUT2D eigenvalue weighted by Gasteiger charge is -2.01. The maximum absolute atomic E-state index is 6.12. The number of hydrogen-bond acceptors (Lipinski definition) is 2. The average molecular weight is 252 g/mol. The summed E-state index contributed by atoms with van der Waals surface area (Å²) in [5.41, 5.74) is 2.32. The van der Waals surface area contributed by atoms with Crippen LogP contribution >= 0.6 is 22.9 Å². The molecule has 0 saturated carbocycles. The van der Waals surface area contributed by atoms with Gasteiger partial charge in [0.05, 0.1) is 0 Å². The highest BCUT2D eigenvalue weighted by Crippen LogP contribution is 2.30. The highest BCUT2D eigenvalue weighted by molar-refractivity contribution is 7.15. The van der Waals surface area contributed by atoms with E-state index in [1.165, 1.54) is 15.3 Å². The number of rotatable bonds is 3. The van der Waals surface area contributed by atoms with Crippen LogP contribution in [0.15, 0.2) is 30.3 Å². The van der Waals surface area contributed by atoms with E-state index in [1.807, 2.05) is 20.0 Å². The topological polar surface area (TPSA) is 12.0 Å². The second kappa shape index (κ2) is 5.00. The van der Waals surface area contributed by atoms with E-state index in [9.17, 15) is 0 Å². The molecule has 0 bridgehead atoms. The minimum absolute atomic E-state index is 0.834. The van der Waals surface area contributed by atoms with Crippen LogP contribution in [0.3, 0.4) is 0 Å². The van der Waals surface area contributed by atoms with Crippen LogP contribution in [-0.4, -0.2) is 7.05 Å². The lowest BCUT2D eigenvalue weighted by Crippen LogP contribution is -2.02. The van der Waals surface area contributed by atoms with Crippen molar-refractivity contribution in [2.75, 3.05) is 7.05 Å². The van der Waals surface area contributed by atoms with Crippen LogP contribution in [0.25, 0.3) is 10.4 Å². The van der Waals surface area contributed by atoms with Gasteiger partial charge in [0.1, 0.15) is 0 Å². The van der Waals surface area contributed by atoms with Crippen LogP contribution in [-0.2, 0) is 6.54 Å². The fourth-order valence-electron chi connectivity index (χ4n) is 1.55. The molecule has 0 radical (unpaired) electrons. The van der Waals surface area contributed by atoms with Crippen molar-refractivity contribution in [1.82, 2.24) is 5.32 Å². The maximum Gasteiger partial charge on any atom is 0.0441 e. The van der Waals surface area contributed by atoms with Crippen LogP contribution in [0.2, 0.25) is 5.02 Å². The predicted octanol–water partition coefficient (Wildman–Crippen LogP) is 4.10. The molecule has 16 heavy (non-hydrogen) atoms. The van der Waals surface area contributed by atoms with Gasteiger partial charge in [0.2, 0.25) is 0 Å². The van der Waals surface area contributed by atoms with E-state index < -0.39 is 0 Å². The first kappa shape index (κ1) is 11.6. The third kappa shape index (κ3) is 2.46. The van der Waals surface area contributed by atoms with Crippen molar-refractivity contribution in [2.24, 2.45) is 0 Å². The fourth-order valence-corrected chi connectivity index (χ4v) is 2.74. The molecule has 0 spiro atoms. The van der Waals surface area contributed by atoms with Crippen molar-refractivity contribution in [3.8, 4) is 10.4 Å². The van der Waals surface area contributed by atoms with Crippen molar-refractivity contribution in [3.05, 3.63) is 45.8 Å². The second-order valence-corrected chi connectivity index (χ2v) is 5.34. The SMILES string of the molecule is CNCc1ccc(-c2ccc(C)c(Cl)c2)s1. The summed E-state index contributed by atoms with van der Waals surface area (Å²) in [6, 6.07) is 10.5. The molecule has 0 amide bonds. The zero-order valence-corrected chi connectivity index (χ0v) is 11.0. The van der Waals surface area contributed by atoms with Gasteiger partial charge in [0.15, 0.2) is 0 Å². The number of nitrogens with one attached hydrogen (secondary N) is 1. The minimum atomic E-state index is 0.834. The summed E-state index contributed by atoms with van der Waals surface area (Å²) in [5, 5.41) is 3.99. The third-order valence-electron chi connectivity index (χ3n) is 2.47. The van der Waals surface area contributed by atoms with Crippen molar-refractivity contribution in [2.45, 2.75) is 13.5 Å². The highest BCUT2D eigenvalue weighted by atomic mass is 35.5. The van der Waals surface area contributed by atoms with E-state index in [1.54, 1.807) is 11.3 Å². The average Bonchev–Trinajstić information content (AvgIpc) is 2.71. The van der Waals surface area contributed by atoms with E-state index >= 15 is 0 Å². The van der Waals surface area contributed by atoms with Crippen molar-refractivity contribution < 1.29 is 0 Å². The van der Waals surface area contributed by atoms with Gasteiger partial charge < -0.3 is 5.32 Å². The Bertz CT molecular complexity index is 490. The quantitative estimate of drug-likeness (QED) is 0.866. The Morgan fingerprint density at radius 3 is 2.75 bits per heavy atom. The molecule has 1 aromatic heterocycles. The molecule has 1 N–H and O–H groups in total. The van der Waals surface area contributed by atoms with Crippen LogP contribution in [0.1, 0.15) is 10.4 Å². The molecular weight excluding hydrogens is 238 g/mol. The Morgan fingerprint density at radius 1 is 1.25 bits per heavy atom. The van der Waals surface area contributed by atoms with Gasteiger partial charge in [-0.15, -0.1) is 11.3 Å². The number of benzene rings is 1. The van der Waals surface area contributed by atoms with Gasteiger partial charge in [0, 0.05) is 21.3 Å². The molecule has 0 saturated heterocycles. The van der Waals surface area contributed by atoms with Crippen LogP contribution in [0, 0.1) is 6.92 Å². The van der Waals surface area contributed by atoms with Crippen LogP contribution in [0.4, 0.5) is 0 Å². The van der Waals surface area contributed by atoms with Gasteiger partial charge in [-0.1, -0.05) is 23.7 Å². The van der Waals surface area contributed by atoms with Gasteiger partial charge in [-0.2, -0.15) is 0 Å². The van der Waals surface area contributed by atoms with Crippen LogP contribution < -0.4 is 5.32 Å². The van der Waals surface area contributed by atoms with E-state index in [4.69, 9.17) is 11.6 Å². The van der Waals surface area contributed by atoms with E-state index in [2.05, 4.69) is 29.6 Å². The molecular formula is C13H14ClNS. The number of thiophene rings is 1. The Morgan fingerprint density at radius 2 is 2.06 bits per heavy atom. The number of hydrogen-bond donors (Lipinski definition) is 1. The Labute approximate surface area is 105 Å². The van der Waals surface area contributed by atoms with Gasteiger partial charge in [-0.05, 0) is 43.3 Å². The summed E-state index contributed by atoms with van der Waals surface area (Å²) in [4.78, 5) is 2.61. The van der Waals surface area contributed by atoms with Gasteiger partial charge in [-0.3, -0.25) is 0 Å². The highest BCUT2D eigenvalue weighted by Gasteiger charge is 2.04. The molecule has 0 atom stereocenters. The Kier molecular flexibility index (Phi) is 3.64. The molecule has 1 aromatic carbocycles. The zero-order chi connectivity index (χ0) is 11.5. The van der Waals surface area contributed by atoms with Crippen molar-refractivity contribution >= 4 is 22.9 Å². The molecule has 2 aromatic rings. The zero-order valence-electron chi connectivity index (χ0n) is 9.38. The fraction of sp³-hybridized carbons (Fsp3) is 0.231. The second-order valence-electron chi connectivity index (χ2n) is 3.76. The Hall–Kier alpha value is -0.830. The first-order chi connectivity index (χ1) is 7.70. The molecule has 0 aliphatic carbocycles. The largest absolute Gasteiger partial charge is 0.315 e. The van der Waals surface area contributed by atoms with Gasteiger partial charge in [-0.25, -0.2) is 0 Å². The van der Waals surface area contributed by atoms with Gasteiger partial charge in [0.25, 0.3) is 0 Å². The number of halogens is 1. The molecule has 0 aliphatic rings. The Balaban J connectivity index is 2.31. The van der Waals surface area contributed by atoms with E-state index in [0.29, 0.717) is 0 Å². The summed E-state index contributed by atoms with van der Waals surface area (Å²) in [5.74, 6) is 0. The monoisotopic (exact) mass is 251 g/mol. The first-order valence-corrected chi connectivity index (χ1v) is 6.40.